The van der Waals surface area contributed by atoms with Crippen LogP contribution >= 0.6 is 0 Å². The maximum absolute atomic E-state index is 12.3. The molecule has 2 aliphatic rings. The average Bonchev–Trinajstić information content (AvgIpc) is 2.80. The Balaban J connectivity index is 2.24. The summed E-state index contributed by atoms with van der Waals surface area (Å²) in [4.78, 5) is 25.9. The molecule has 2 rings (SSSR count). The van der Waals surface area contributed by atoms with E-state index in [0.29, 0.717) is 33.2 Å². The first-order valence-corrected chi connectivity index (χ1v) is 6.09. The molecule has 2 fully saturated rings. The van der Waals surface area contributed by atoms with Crippen LogP contribution in [-0.2, 0) is 9.59 Å². The smallest absolute Gasteiger partial charge is 0.233 e. The largest absolute Gasteiger partial charge is 0.282 e. The normalized spacial score (nSPS) is 39.9. The second-order valence-electron chi connectivity index (χ2n) is 4.81. The molecule has 4 unspecified atom stereocenters. The number of fused-ring (bicyclic) bond motifs is 1. The Labute approximate surface area is 100.0 Å². The maximum Gasteiger partial charge on any atom is 0.233 e. The fourth-order valence-electron chi connectivity index (χ4n) is 3.35. The Hall–Kier alpha value is -0.860. The fraction of sp³-hybridized carbons (Fsp3) is 0.846. The molecule has 1 saturated carbocycles. The van der Waals surface area contributed by atoms with Crippen LogP contribution in [-0.4, -0.2) is 23.3 Å². The molecular weight excluding hydrogens is 202 g/mol. The molecular formula is C13H21NO2. The first-order valence-electron chi connectivity index (χ1n) is 7.50. The van der Waals surface area contributed by atoms with E-state index in [1.807, 2.05) is 6.92 Å². The van der Waals surface area contributed by atoms with Gasteiger partial charge in [-0.15, -0.1) is 0 Å². The van der Waals surface area contributed by atoms with E-state index < -0.39 is 0 Å². The van der Waals surface area contributed by atoms with Crippen molar-refractivity contribution >= 4 is 11.8 Å². The van der Waals surface area contributed by atoms with E-state index in [1.165, 1.54) is 4.90 Å². The number of hydrogen-bond donors (Lipinski definition) is 0. The molecule has 1 aliphatic heterocycles. The molecule has 1 aliphatic carbocycles. The van der Waals surface area contributed by atoms with Crippen molar-refractivity contribution in [1.82, 2.24) is 4.90 Å². The number of hydrogen-bond acceptors (Lipinski definition) is 2. The zero-order valence-electron chi connectivity index (χ0n) is 11.8. The molecule has 2 amide bonds. The van der Waals surface area contributed by atoms with Gasteiger partial charge in [-0.25, -0.2) is 0 Å². The Morgan fingerprint density at radius 2 is 1.69 bits per heavy atom. The molecule has 0 N–H and O–H groups in total. The third kappa shape index (κ3) is 1.40. The minimum atomic E-state index is -0.195. The summed E-state index contributed by atoms with van der Waals surface area (Å²) in [6.07, 6.45) is 2.25. The fourth-order valence-corrected chi connectivity index (χ4v) is 3.35. The van der Waals surface area contributed by atoms with Gasteiger partial charge in [-0.3, -0.25) is 14.5 Å². The summed E-state index contributed by atoms with van der Waals surface area (Å²) in [5.41, 5.74) is 0. The van der Waals surface area contributed by atoms with Gasteiger partial charge in [0, 0.05) is 9.29 Å². The number of carbonyl (C=O) groups excluding carboxylic acids is 2. The van der Waals surface area contributed by atoms with Crippen molar-refractivity contribution in [2.24, 2.45) is 23.7 Å². The van der Waals surface area contributed by atoms with Gasteiger partial charge in [0.1, 0.15) is 0 Å². The first kappa shape index (κ1) is 9.20. The van der Waals surface area contributed by atoms with Gasteiger partial charge in [0.15, 0.2) is 0 Å². The summed E-state index contributed by atoms with van der Waals surface area (Å²) in [7, 11) is 0. The van der Waals surface area contributed by atoms with E-state index in [9.17, 15) is 9.59 Å². The lowest BCUT2D eigenvalue weighted by Crippen LogP contribution is -2.33. The van der Waals surface area contributed by atoms with Crippen LogP contribution in [0.2, 0.25) is 0 Å². The quantitative estimate of drug-likeness (QED) is 0.692. The van der Waals surface area contributed by atoms with Gasteiger partial charge in [0.2, 0.25) is 11.8 Å². The van der Waals surface area contributed by atoms with E-state index in [4.69, 9.17) is 2.74 Å². The highest BCUT2D eigenvalue weighted by Gasteiger charge is 2.56. The van der Waals surface area contributed by atoms with Crippen molar-refractivity contribution in [3.63, 3.8) is 0 Å². The number of amides is 2. The predicted octanol–water partition coefficient (Wildman–Crippen LogP) is 2.06. The van der Waals surface area contributed by atoms with Gasteiger partial charge in [0.25, 0.3) is 0 Å². The Bertz CT molecular complexity index is 318. The molecule has 0 aromatic carbocycles. The zero-order valence-corrected chi connectivity index (χ0v) is 9.82. The van der Waals surface area contributed by atoms with Crippen molar-refractivity contribution in [3.8, 4) is 0 Å². The molecule has 3 nitrogen and oxygen atoms in total. The van der Waals surface area contributed by atoms with Crippen LogP contribution in [0.25, 0.3) is 0 Å². The van der Waals surface area contributed by atoms with Crippen LogP contribution in [0.4, 0.5) is 0 Å². The average molecular weight is 227 g/mol. The minimum absolute atomic E-state index is 0.0292. The van der Waals surface area contributed by atoms with Gasteiger partial charge in [-0.2, -0.15) is 0 Å². The van der Waals surface area contributed by atoms with E-state index in [1.54, 1.807) is 0 Å². The number of carbonyl (C=O) groups is 2. The van der Waals surface area contributed by atoms with E-state index in [-0.39, 0.29) is 35.5 Å². The molecule has 3 heteroatoms. The SMILES string of the molecule is [3H]CCC1CC(CC[3H])C2C(=O)N(CC)C(=O)C12. The van der Waals surface area contributed by atoms with Crippen LogP contribution in [0.1, 0.15) is 42.7 Å². The monoisotopic (exact) mass is 227 g/mol. The maximum atomic E-state index is 12.3. The molecule has 0 radical (unpaired) electrons. The minimum Gasteiger partial charge on any atom is -0.282 e. The molecule has 1 saturated heterocycles. The molecule has 0 bridgehead atoms. The summed E-state index contributed by atoms with van der Waals surface area (Å²) in [5, 5.41) is 0. The number of nitrogens with zero attached hydrogens (tertiary/aromatic N) is 1. The lowest BCUT2D eigenvalue weighted by Gasteiger charge is -2.18. The Morgan fingerprint density at radius 3 is 2.06 bits per heavy atom. The van der Waals surface area contributed by atoms with E-state index >= 15 is 0 Å². The van der Waals surface area contributed by atoms with Crippen LogP contribution < -0.4 is 0 Å². The number of rotatable bonds is 3. The van der Waals surface area contributed by atoms with Gasteiger partial charge >= 0.3 is 0 Å². The van der Waals surface area contributed by atoms with Crippen molar-refractivity contribution in [2.45, 2.75) is 40.0 Å². The molecule has 16 heavy (non-hydrogen) atoms. The standard InChI is InChI=1S/C13H21NO2/c1-4-8-7-9(5-2)11-10(8)12(15)14(6-3)13(11)16/h8-11H,4-7H2,1-3H3/i1T,2T. The van der Waals surface area contributed by atoms with Crippen molar-refractivity contribution in [1.29, 1.82) is 0 Å². The number of likely N-dealkylation sites (tertiary alicyclic amines) is 1. The molecule has 4 atom stereocenters. The second kappa shape index (κ2) is 4.19. The highest BCUT2D eigenvalue weighted by Crippen LogP contribution is 2.49. The van der Waals surface area contributed by atoms with Gasteiger partial charge < -0.3 is 0 Å². The summed E-state index contributed by atoms with van der Waals surface area (Å²) < 4.78 is 14.7. The predicted molar refractivity (Wildman–Crippen MR) is 61.6 cm³/mol. The van der Waals surface area contributed by atoms with Crippen LogP contribution in [0, 0.1) is 23.7 Å². The molecule has 0 spiro atoms. The Morgan fingerprint density at radius 1 is 1.19 bits per heavy atom. The summed E-state index contributed by atoms with van der Waals surface area (Å²) >= 11 is 0. The van der Waals surface area contributed by atoms with E-state index in [0.717, 1.165) is 6.42 Å². The third-order valence-electron chi connectivity index (χ3n) is 4.17. The third-order valence-corrected chi connectivity index (χ3v) is 4.17. The summed E-state index contributed by atoms with van der Waals surface area (Å²) in [6, 6.07) is 0. The van der Waals surface area contributed by atoms with Gasteiger partial charge in [-0.05, 0) is 25.2 Å². The van der Waals surface area contributed by atoms with Crippen molar-refractivity contribution in [3.05, 3.63) is 0 Å². The zero-order chi connectivity index (χ0) is 13.3. The van der Waals surface area contributed by atoms with E-state index in [2.05, 4.69) is 0 Å². The number of imide groups is 1. The second-order valence-corrected chi connectivity index (χ2v) is 4.81. The summed E-state index contributed by atoms with van der Waals surface area (Å²) in [5.74, 6) is -0.0929. The van der Waals surface area contributed by atoms with Crippen LogP contribution in [0.3, 0.4) is 0 Å². The molecule has 1 heterocycles. The van der Waals surface area contributed by atoms with Gasteiger partial charge in [-0.1, -0.05) is 26.6 Å². The lowest BCUT2D eigenvalue weighted by molar-refractivity contribution is -0.140. The van der Waals surface area contributed by atoms with Gasteiger partial charge in [0.05, 0.1) is 11.8 Å². The molecule has 0 aromatic heterocycles. The van der Waals surface area contributed by atoms with Crippen molar-refractivity contribution < 1.29 is 12.3 Å². The summed E-state index contributed by atoms with van der Waals surface area (Å²) in [6.45, 7) is 2.91. The molecule has 0 aromatic rings. The van der Waals surface area contributed by atoms with Crippen LogP contribution in [0.15, 0.2) is 0 Å². The van der Waals surface area contributed by atoms with Crippen molar-refractivity contribution in [2.75, 3.05) is 6.54 Å². The highest BCUT2D eigenvalue weighted by atomic mass is 16.2. The molecule has 90 valence electrons. The van der Waals surface area contributed by atoms with Crippen LogP contribution in [0.5, 0.6) is 0 Å². The highest BCUT2D eigenvalue weighted by molar-refractivity contribution is 6.05. The Kier molecular flexibility index (Phi) is 2.41. The topological polar surface area (TPSA) is 37.4 Å². The first-order chi connectivity index (χ1) is 8.65. The lowest BCUT2D eigenvalue weighted by atomic mass is 9.88.